The Morgan fingerprint density at radius 2 is 2.15 bits per heavy atom. The third-order valence-corrected chi connectivity index (χ3v) is 4.79. The molecule has 0 spiro atoms. The van der Waals surface area contributed by atoms with Gasteiger partial charge in [-0.25, -0.2) is 4.79 Å². The number of nitrogens with zero attached hydrogens (tertiary/aromatic N) is 1. The molecule has 2 heterocycles. The standard InChI is InChI=1S/C18H20F2N2O3S/c19-17(20)26-16-8-2-1-7-15(16)21-18(23)22(11-13-5-3-9-24-13)12-14-6-4-10-25-14/h1-3,5,7-9,14,17H,4,6,10-12H2,(H,21,23). The summed E-state index contributed by atoms with van der Waals surface area (Å²) in [6, 6.07) is 9.69. The van der Waals surface area contributed by atoms with E-state index in [1.165, 1.54) is 0 Å². The predicted octanol–water partition coefficient (Wildman–Crippen LogP) is 4.81. The molecule has 1 aromatic heterocycles. The lowest BCUT2D eigenvalue weighted by Gasteiger charge is -2.25. The molecule has 0 bridgehead atoms. The minimum absolute atomic E-state index is 0.0265. The molecule has 5 nitrogen and oxygen atoms in total. The SMILES string of the molecule is O=C(Nc1ccccc1SC(F)F)N(Cc1ccco1)CC1CCCO1. The minimum atomic E-state index is -2.56. The molecule has 1 fully saturated rings. The molecule has 8 heteroatoms. The van der Waals surface area contributed by atoms with Crippen molar-refractivity contribution in [3.05, 3.63) is 48.4 Å². The molecule has 0 aliphatic carbocycles. The first kappa shape index (κ1) is 18.7. The maximum atomic E-state index is 12.8. The summed E-state index contributed by atoms with van der Waals surface area (Å²) in [6.45, 7) is 1.38. The Labute approximate surface area is 154 Å². The van der Waals surface area contributed by atoms with E-state index in [-0.39, 0.29) is 18.7 Å². The highest BCUT2D eigenvalue weighted by atomic mass is 32.2. The Morgan fingerprint density at radius 3 is 2.85 bits per heavy atom. The predicted molar refractivity (Wildman–Crippen MR) is 95.4 cm³/mol. The van der Waals surface area contributed by atoms with Crippen LogP contribution in [0.3, 0.4) is 0 Å². The van der Waals surface area contributed by atoms with Crippen LogP contribution in [0.15, 0.2) is 52.0 Å². The molecule has 1 aliphatic heterocycles. The van der Waals surface area contributed by atoms with Crippen molar-refractivity contribution in [2.45, 2.75) is 36.1 Å². The van der Waals surface area contributed by atoms with E-state index in [1.54, 1.807) is 47.6 Å². The van der Waals surface area contributed by atoms with Crippen LogP contribution in [-0.2, 0) is 11.3 Å². The molecular formula is C18H20F2N2O3S. The third-order valence-electron chi connectivity index (χ3n) is 4.01. The largest absolute Gasteiger partial charge is 0.467 e. The Bertz CT molecular complexity index is 706. The van der Waals surface area contributed by atoms with Crippen molar-refractivity contribution in [2.24, 2.45) is 0 Å². The van der Waals surface area contributed by atoms with Crippen LogP contribution in [0.4, 0.5) is 19.3 Å². The number of alkyl halides is 2. The van der Waals surface area contributed by atoms with Gasteiger partial charge in [0.05, 0.1) is 24.6 Å². The number of carbonyl (C=O) groups is 1. The molecule has 2 aromatic rings. The molecule has 1 N–H and O–H groups in total. The number of anilines is 1. The molecule has 0 saturated carbocycles. The van der Waals surface area contributed by atoms with Gasteiger partial charge in [0.1, 0.15) is 5.76 Å². The Balaban J connectivity index is 1.72. The van der Waals surface area contributed by atoms with Crippen molar-refractivity contribution in [1.29, 1.82) is 0 Å². The van der Waals surface area contributed by atoms with Gasteiger partial charge in [0, 0.05) is 18.0 Å². The lowest BCUT2D eigenvalue weighted by atomic mass is 10.2. The van der Waals surface area contributed by atoms with Crippen molar-refractivity contribution in [2.75, 3.05) is 18.5 Å². The summed E-state index contributed by atoms with van der Waals surface area (Å²) >= 11 is 0.407. The van der Waals surface area contributed by atoms with Gasteiger partial charge in [-0.1, -0.05) is 23.9 Å². The van der Waals surface area contributed by atoms with Crippen LogP contribution in [0.25, 0.3) is 0 Å². The van der Waals surface area contributed by atoms with Gasteiger partial charge in [-0.15, -0.1) is 0 Å². The number of amides is 2. The van der Waals surface area contributed by atoms with Gasteiger partial charge in [-0.3, -0.25) is 0 Å². The summed E-state index contributed by atoms with van der Waals surface area (Å²) in [5, 5.41) is 2.74. The van der Waals surface area contributed by atoms with Crippen LogP contribution in [-0.4, -0.2) is 35.9 Å². The van der Waals surface area contributed by atoms with Gasteiger partial charge in [0.15, 0.2) is 0 Å². The van der Waals surface area contributed by atoms with Crippen LogP contribution in [0.5, 0.6) is 0 Å². The van der Waals surface area contributed by atoms with E-state index in [0.717, 1.165) is 12.8 Å². The van der Waals surface area contributed by atoms with Gasteiger partial charge in [-0.05, 0) is 37.1 Å². The number of halogens is 2. The molecule has 1 aromatic carbocycles. The second kappa shape index (κ2) is 9.05. The molecule has 2 amide bonds. The van der Waals surface area contributed by atoms with Gasteiger partial charge in [0.2, 0.25) is 0 Å². The van der Waals surface area contributed by atoms with Crippen LogP contribution in [0.1, 0.15) is 18.6 Å². The first-order chi connectivity index (χ1) is 12.6. The number of urea groups is 1. The Hall–Kier alpha value is -2.06. The molecule has 140 valence electrons. The average molecular weight is 382 g/mol. The van der Waals surface area contributed by atoms with Gasteiger partial charge in [0.25, 0.3) is 5.76 Å². The zero-order valence-electron chi connectivity index (χ0n) is 14.1. The Kier molecular flexibility index (Phi) is 6.51. The number of benzene rings is 1. The van der Waals surface area contributed by atoms with E-state index in [0.29, 0.717) is 41.3 Å². The lowest BCUT2D eigenvalue weighted by Crippen LogP contribution is -2.39. The maximum Gasteiger partial charge on any atom is 0.322 e. The highest BCUT2D eigenvalue weighted by Gasteiger charge is 2.24. The molecule has 26 heavy (non-hydrogen) atoms. The summed E-state index contributed by atoms with van der Waals surface area (Å²) in [6.07, 6.45) is 3.38. The number of ether oxygens (including phenoxy) is 1. The Morgan fingerprint density at radius 1 is 1.31 bits per heavy atom. The number of nitrogens with one attached hydrogen (secondary N) is 1. The first-order valence-electron chi connectivity index (χ1n) is 8.35. The van der Waals surface area contributed by atoms with E-state index in [9.17, 15) is 13.6 Å². The smallest absolute Gasteiger partial charge is 0.322 e. The highest BCUT2D eigenvalue weighted by molar-refractivity contribution is 7.99. The molecule has 1 atom stereocenters. The number of hydrogen-bond acceptors (Lipinski definition) is 4. The fourth-order valence-electron chi connectivity index (χ4n) is 2.81. The number of furan rings is 1. The zero-order valence-corrected chi connectivity index (χ0v) is 14.9. The van der Waals surface area contributed by atoms with E-state index < -0.39 is 5.76 Å². The normalized spacial score (nSPS) is 16.8. The topological polar surface area (TPSA) is 54.7 Å². The van der Waals surface area contributed by atoms with Crippen LogP contribution in [0.2, 0.25) is 0 Å². The average Bonchev–Trinajstić information content (AvgIpc) is 3.29. The van der Waals surface area contributed by atoms with E-state index in [4.69, 9.17) is 9.15 Å². The molecular weight excluding hydrogens is 362 g/mol. The van der Waals surface area contributed by atoms with Crippen LogP contribution < -0.4 is 5.32 Å². The summed E-state index contributed by atoms with van der Waals surface area (Å²) in [4.78, 5) is 14.7. The maximum absolute atomic E-state index is 12.8. The summed E-state index contributed by atoms with van der Waals surface area (Å²) < 4.78 is 36.4. The van der Waals surface area contributed by atoms with Crippen molar-refractivity contribution in [3.8, 4) is 0 Å². The second-order valence-electron chi connectivity index (χ2n) is 5.90. The monoisotopic (exact) mass is 382 g/mol. The number of rotatable bonds is 7. The van der Waals surface area contributed by atoms with Crippen molar-refractivity contribution < 1.29 is 22.7 Å². The van der Waals surface area contributed by atoms with E-state index in [2.05, 4.69) is 5.32 Å². The quantitative estimate of drug-likeness (QED) is 0.699. The zero-order chi connectivity index (χ0) is 18.4. The van der Waals surface area contributed by atoms with Crippen LogP contribution in [0, 0.1) is 0 Å². The lowest BCUT2D eigenvalue weighted by molar-refractivity contribution is 0.0803. The fourth-order valence-corrected chi connectivity index (χ4v) is 3.40. The number of carbonyl (C=O) groups excluding carboxylic acids is 1. The fraction of sp³-hybridized carbons (Fsp3) is 0.389. The van der Waals surface area contributed by atoms with Crippen LogP contribution >= 0.6 is 11.8 Å². The van der Waals surface area contributed by atoms with Gasteiger partial charge in [-0.2, -0.15) is 8.78 Å². The van der Waals surface area contributed by atoms with Gasteiger partial charge >= 0.3 is 6.03 Å². The van der Waals surface area contributed by atoms with Gasteiger partial charge < -0.3 is 19.4 Å². The number of para-hydroxylation sites is 1. The molecule has 1 aliphatic rings. The van der Waals surface area contributed by atoms with E-state index >= 15 is 0 Å². The summed E-state index contributed by atoms with van der Waals surface area (Å²) in [5.41, 5.74) is 0.361. The summed E-state index contributed by atoms with van der Waals surface area (Å²) in [7, 11) is 0. The number of hydrogen-bond donors (Lipinski definition) is 1. The minimum Gasteiger partial charge on any atom is -0.467 e. The molecule has 3 rings (SSSR count). The molecule has 1 unspecified atom stereocenters. The number of thioether (sulfide) groups is 1. The first-order valence-corrected chi connectivity index (χ1v) is 9.23. The van der Waals surface area contributed by atoms with Crippen molar-refractivity contribution in [3.63, 3.8) is 0 Å². The molecule has 1 saturated heterocycles. The second-order valence-corrected chi connectivity index (χ2v) is 6.93. The van der Waals surface area contributed by atoms with Crippen molar-refractivity contribution in [1.82, 2.24) is 4.90 Å². The summed E-state index contributed by atoms with van der Waals surface area (Å²) in [5.74, 6) is -1.91. The van der Waals surface area contributed by atoms with Crippen molar-refractivity contribution >= 4 is 23.5 Å². The van der Waals surface area contributed by atoms with E-state index in [1.807, 2.05) is 0 Å². The highest BCUT2D eigenvalue weighted by Crippen LogP contribution is 2.32. The molecule has 0 radical (unpaired) electrons. The third kappa shape index (κ3) is 5.22.